The van der Waals surface area contributed by atoms with Gasteiger partial charge in [-0.15, -0.1) is 0 Å². The number of fused-ring (bicyclic) bond motifs is 2. The van der Waals surface area contributed by atoms with Crippen LogP contribution < -0.4 is 5.32 Å². The third kappa shape index (κ3) is 2.13. The van der Waals surface area contributed by atoms with Gasteiger partial charge in [0.1, 0.15) is 12.1 Å². The Morgan fingerprint density at radius 1 is 1.33 bits per heavy atom. The monoisotopic (exact) mass is 287 g/mol. The van der Waals surface area contributed by atoms with Crippen molar-refractivity contribution in [3.63, 3.8) is 0 Å². The highest BCUT2D eigenvalue weighted by atomic mass is 16.5. The lowest BCUT2D eigenvalue weighted by Crippen LogP contribution is -2.57. The molecule has 0 aromatic heterocycles. The summed E-state index contributed by atoms with van der Waals surface area (Å²) in [6, 6.07) is 9.53. The molecule has 112 valence electrons. The van der Waals surface area contributed by atoms with Gasteiger partial charge in [0.05, 0.1) is 0 Å². The van der Waals surface area contributed by atoms with Gasteiger partial charge in [0.2, 0.25) is 0 Å². The molecular weight excluding hydrogens is 266 g/mol. The Balaban J connectivity index is 1.66. The second kappa shape index (κ2) is 4.86. The molecule has 1 aromatic carbocycles. The van der Waals surface area contributed by atoms with E-state index >= 15 is 0 Å². The zero-order chi connectivity index (χ0) is 15.1. The van der Waals surface area contributed by atoms with E-state index in [0.29, 0.717) is 12.3 Å². The van der Waals surface area contributed by atoms with Crippen LogP contribution in [-0.4, -0.2) is 17.4 Å². The third-order valence-electron chi connectivity index (χ3n) is 5.42. The van der Waals surface area contributed by atoms with Gasteiger partial charge in [-0.1, -0.05) is 44.2 Å². The number of carbonyl (C=O) groups is 2. The Morgan fingerprint density at radius 2 is 2.05 bits per heavy atom. The quantitative estimate of drug-likeness (QED) is 0.929. The fourth-order valence-electron chi connectivity index (χ4n) is 3.90. The molecule has 21 heavy (non-hydrogen) atoms. The van der Waals surface area contributed by atoms with E-state index in [4.69, 9.17) is 4.74 Å². The molecule has 1 amide bonds. The summed E-state index contributed by atoms with van der Waals surface area (Å²) in [7, 11) is 0. The smallest absolute Gasteiger partial charge is 0.408 e. The van der Waals surface area contributed by atoms with E-state index in [2.05, 4.69) is 19.2 Å². The van der Waals surface area contributed by atoms with Crippen molar-refractivity contribution in [2.45, 2.75) is 45.3 Å². The molecule has 0 heterocycles. The number of ketones is 1. The lowest BCUT2D eigenvalue weighted by atomic mass is 9.76. The average Bonchev–Trinajstić information content (AvgIpc) is 2.80. The highest BCUT2D eigenvalue weighted by molar-refractivity contribution is 5.96. The maximum atomic E-state index is 12.3. The van der Waals surface area contributed by atoms with Gasteiger partial charge in [0.15, 0.2) is 5.78 Å². The van der Waals surface area contributed by atoms with Gasteiger partial charge >= 0.3 is 6.09 Å². The molecule has 3 rings (SSSR count). The molecule has 1 aromatic rings. The second-order valence-corrected chi connectivity index (χ2v) is 6.68. The lowest BCUT2D eigenvalue weighted by molar-refractivity contribution is -0.125. The molecule has 0 spiro atoms. The fraction of sp³-hybridized carbons (Fsp3) is 0.529. The Kier molecular flexibility index (Phi) is 3.27. The SMILES string of the molecule is CC1(C)C2CCC1(NC(=O)OCc1ccccc1)C(=O)C2. The molecular formula is C17H21NO3. The minimum atomic E-state index is -0.731. The third-order valence-corrected chi connectivity index (χ3v) is 5.42. The minimum absolute atomic E-state index is 0.153. The highest BCUT2D eigenvalue weighted by Gasteiger charge is 2.65. The van der Waals surface area contributed by atoms with Crippen LogP contribution in [0.5, 0.6) is 0 Å². The highest BCUT2D eigenvalue weighted by Crippen LogP contribution is 2.58. The second-order valence-electron chi connectivity index (χ2n) is 6.68. The molecule has 2 bridgehead atoms. The summed E-state index contributed by atoms with van der Waals surface area (Å²) in [5.41, 5.74) is 0.0211. The van der Waals surface area contributed by atoms with Crippen molar-refractivity contribution in [3.8, 4) is 0 Å². The Morgan fingerprint density at radius 3 is 2.62 bits per heavy atom. The molecule has 4 heteroatoms. The number of nitrogens with one attached hydrogen (secondary N) is 1. The van der Waals surface area contributed by atoms with Crippen molar-refractivity contribution in [1.29, 1.82) is 0 Å². The first-order valence-corrected chi connectivity index (χ1v) is 7.48. The number of benzene rings is 1. The summed E-state index contributed by atoms with van der Waals surface area (Å²) in [6.07, 6.45) is 1.80. The van der Waals surface area contributed by atoms with Gasteiger partial charge in [-0.3, -0.25) is 4.79 Å². The number of carbonyl (C=O) groups excluding carboxylic acids is 2. The number of hydrogen-bond donors (Lipinski definition) is 1. The summed E-state index contributed by atoms with van der Waals surface area (Å²) in [5, 5.41) is 2.88. The maximum absolute atomic E-state index is 12.3. The van der Waals surface area contributed by atoms with Crippen molar-refractivity contribution in [1.82, 2.24) is 5.32 Å². The molecule has 2 aliphatic rings. The van der Waals surface area contributed by atoms with E-state index in [1.165, 1.54) is 0 Å². The molecule has 2 saturated carbocycles. The summed E-state index contributed by atoms with van der Waals surface area (Å²) < 4.78 is 5.27. The van der Waals surface area contributed by atoms with Crippen LogP contribution in [0.25, 0.3) is 0 Å². The Hall–Kier alpha value is -1.84. The van der Waals surface area contributed by atoms with Crippen LogP contribution in [-0.2, 0) is 16.1 Å². The first-order chi connectivity index (χ1) is 9.96. The number of hydrogen-bond acceptors (Lipinski definition) is 3. The van der Waals surface area contributed by atoms with Gasteiger partial charge in [-0.25, -0.2) is 4.79 Å². The molecule has 2 unspecified atom stereocenters. The number of alkyl carbamates (subject to hydrolysis) is 1. The number of ether oxygens (including phenoxy) is 1. The predicted molar refractivity (Wildman–Crippen MR) is 78.6 cm³/mol. The summed E-state index contributed by atoms with van der Waals surface area (Å²) >= 11 is 0. The normalized spacial score (nSPS) is 29.4. The maximum Gasteiger partial charge on any atom is 0.408 e. The van der Waals surface area contributed by atoms with Crippen molar-refractivity contribution in [2.24, 2.45) is 11.3 Å². The van der Waals surface area contributed by atoms with Gasteiger partial charge in [-0.2, -0.15) is 0 Å². The van der Waals surface area contributed by atoms with Crippen molar-refractivity contribution >= 4 is 11.9 Å². The number of rotatable bonds is 3. The molecule has 0 saturated heterocycles. The molecule has 0 aliphatic heterocycles. The minimum Gasteiger partial charge on any atom is -0.445 e. The van der Waals surface area contributed by atoms with E-state index < -0.39 is 11.6 Å². The standard InChI is InChI=1S/C17H21NO3/c1-16(2)13-8-9-17(16,14(19)10-13)18-15(20)21-11-12-6-4-3-5-7-12/h3-7,13H,8-11H2,1-2H3,(H,18,20). The molecule has 4 nitrogen and oxygen atoms in total. The zero-order valence-corrected chi connectivity index (χ0v) is 12.5. The van der Waals surface area contributed by atoms with Crippen LogP contribution in [0.15, 0.2) is 30.3 Å². The van der Waals surface area contributed by atoms with Gasteiger partial charge in [-0.05, 0) is 29.7 Å². The van der Waals surface area contributed by atoms with E-state index in [1.807, 2.05) is 30.3 Å². The average molecular weight is 287 g/mol. The van der Waals surface area contributed by atoms with E-state index in [-0.39, 0.29) is 17.8 Å². The first-order valence-electron chi connectivity index (χ1n) is 7.48. The van der Waals surface area contributed by atoms with E-state index in [1.54, 1.807) is 0 Å². The first kappa shape index (κ1) is 14.1. The van der Waals surface area contributed by atoms with E-state index in [0.717, 1.165) is 18.4 Å². The van der Waals surface area contributed by atoms with Crippen LogP contribution >= 0.6 is 0 Å². The van der Waals surface area contributed by atoms with Crippen LogP contribution in [0.4, 0.5) is 4.79 Å². The largest absolute Gasteiger partial charge is 0.445 e. The summed E-state index contributed by atoms with van der Waals surface area (Å²) in [4.78, 5) is 24.4. The lowest BCUT2D eigenvalue weighted by Gasteiger charge is -2.36. The summed E-state index contributed by atoms with van der Waals surface area (Å²) in [6.45, 7) is 4.38. The van der Waals surface area contributed by atoms with Crippen molar-refractivity contribution in [2.75, 3.05) is 0 Å². The Bertz CT molecular complexity index is 567. The molecule has 2 atom stereocenters. The number of amides is 1. The van der Waals surface area contributed by atoms with Crippen LogP contribution in [0.1, 0.15) is 38.7 Å². The predicted octanol–water partition coefficient (Wildman–Crippen LogP) is 3.06. The summed E-state index contributed by atoms with van der Waals surface area (Å²) in [5.74, 6) is 0.528. The molecule has 2 aliphatic carbocycles. The van der Waals surface area contributed by atoms with Crippen molar-refractivity contribution < 1.29 is 14.3 Å². The Labute approximate surface area is 124 Å². The topological polar surface area (TPSA) is 55.4 Å². The molecule has 2 fully saturated rings. The van der Waals surface area contributed by atoms with Gasteiger partial charge in [0, 0.05) is 6.42 Å². The van der Waals surface area contributed by atoms with Crippen LogP contribution in [0.2, 0.25) is 0 Å². The van der Waals surface area contributed by atoms with E-state index in [9.17, 15) is 9.59 Å². The molecule has 1 N–H and O–H groups in total. The van der Waals surface area contributed by atoms with Crippen LogP contribution in [0.3, 0.4) is 0 Å². The molecule has 0 radical (unpaired) electrons. The fourth-order valence-corrected chi connectivity index (χ4v) is 3.90. The zero-order valence-electron chi connectivity index (χ0n) is 12.5. The van der Waals surface area contributed by atoms with Crippen molar-refractivity contribution in [3.05, 3.63) is 35.9 Å². The van der Waals surface area contributed by atoms with Gasteiger partial charge < -0.3 is 10.1 Å². The van der Waals surface area contributed by atoms with Crippen LogP contribution in [0, 0.1) is 11.3 Å². The number of Topliss-reactive ketones (excluding diaryl/α,β-unsaturated/α-hetero) is 1. The van der Waals surface area contributed by atoms with Gasteiger partial charge in [0.25, 0.3) is 0 Å².